The molecule has 1 aromatic carbocycles. The molecule has 0 fully saturated rings. The number of carbonyl (C=O) groups excluding carboxylic acids is 1. The van der Waals surface area contributed by atoms with Crippen molar-refractivity contribution in [2.24, 2.45) is 5.73 Å². The Bertz CT molecular complexity index is 567. The lowest BCUT2D eigenvalue weighted by Crippen LogP contribution is -2.39. The van der Waals surface area contributed by atoms with Crippen LogP contribution in [0.25, 0.3) is 0 Å². The Morgan fingerprint density at radius 2 is 2.16 bits per heavy atom. The molecule has 0 heterocycles. The Morgan fingerprint density at radius 1 is 1.47 bits per heavy atom. The van der Waals surface area contributed by atoms with Gasteiger partial charge in [-0.25, -0.2) is 8.42 Å². The molecular formula is C13H18N2O3S. The van der Waals surface area contributed by atoms with Gasteiger partial charge in [0.15, 0.2) is 0 Å². The average Bonchev–Trinajstić information content (AvgIpc) is 2.27. The highest BCUT2D eigenvalue weighted by atomic mass is 32.2. The molecule has 0 radical (unpaired) electrons. The summed E-state index contributed by atoms with van der Waals surface area (Å²) in [5.74, 6) is -0.842. The molecule has 0 spiro atoms. The molecule has 0 aromatic heterocycles. The lowest BCUT2D eigenvalue weighted by molar-refractivity contribution is -0.118. The van der Waals surface area contributed by atoms with Gasteiger partial charge in [0.05, 0.1) is 12.3 Å². The van der Waals surface area contributed by atoms with Gasteiger partial charge in [0.25, 0.3) is 0 Å². The number of primary amides is 1. The standard InChI is InChI=1S/C13H18N2O3S/c1-3-7-15(9-13(14)16)19(17,18)10-12-6-4-5-11(2)8-12/h3-6,8H,1,7,9-10H2,2H3,(H2,14,16). The Labute approximate surface area is 113 Å². The third-order valence-corrected chi connectivity index (χ3v) is 4.25. The number of rotatable bonds is 7. The second-order valence-corrected chi connectivity index (χ2v) is 6.26. The van der Waals surface area contributed by atoms with E-state index in [9.17, 15) is 13.2 Å². The van der Waals surface area contributed by atoms with Crippen LogP contribution < -0.4 is 5.73 Å². The second-order valence-electron chi connectivity index (χ2n) is 4.29. The minimum Gasteiger partial charge on any atom is -0.369 e. The number of benzene rings is 1. The van der Waals surface area contributed by atoms with Crippen LogP contribution in [-0.2, 0) is 20.6 Å². The monoisotopic (exact) mass is 282 g/mol. The largest absolute Gasteiger partial charge is 0.369 e. The highest BCUT2D eigenvalue weighted by Crippen LogP contribution is 2.12. The average molecular weight is 282 g/mol. The maximum Gasteiger partial charge on any atom is 0.232 e. The quantitative estimate of drug-likeness (QED) is 0.751. The molecule has 0 unspecified atom stereocenters. The maximum atomic E-state index is 12.2. The molecule has 0 saturated heterocycles. The van der Waals surface area contributed by atoms with Gasteiger partial charge in [0.1, 0.15) is 0 Å². The Balaban J connectivity index is 2.94. The van der Waals surface area contributed by atoms with Crippen LogP contribution in [0.15, 0.2) is 36.9 Å². The zero-order chi connectivity index (χ0) is 14.5. The first kappa shape index (κ1) is 15.4. The number of nitrogens with zero attached hydrogens (tertiary/aromatic N) is 1. The van der Waals surface area contributed by atoms with Crippen molar-refractivity contribution in [3.8, 4) is 0 Å². The minimum atomic E-state index is -3.59. The van der Waals surface area contributed by atoms with Gasteiger partial charge in [-0.15, -0.1) is 6.58 Å². The summed E-state index contributed by atoms with van der Waals surface area (Å²) in [6.45, 7) is 5.11. The fourth-order valence-electron chi connectivity index (χ4n) is 1.70. The SMILES string of the molecule is C=CCN(CC(N)=O)S(=O)(=O)Cc1cccc(C)c1. The highest BCUT2D eigenvalue weighted by molar-refractivity contribution is 7.88. The van der Waals surface area contributed by atoms with Crippen LogP contribution >= 0.6 is 0 Å². The van der Waals surface area contributed by atoms with E-state index in [-0.39, 0.29) is 18.8 Å². The minimum absolute atomic E-state index is 0.0666. The molecule has 1 rings (SSSR count). The summed E-state index contributed by atoms with van der Waals surface area (Å²) in [5.41, 5.74) is 6.72. The van der Waals surface area contributed by atoms with E-state index in [1.165, 1.54) is 6.08 Å². The Hall–Kier alpha value is -1.66. The number of carbonyl (C=O) groups is 1. The predicted molar refractivity (Wildman–Crippen MR) is 74.8 cm³/mol. The predicted octanol–water partition coefficient (Wildman–Crippen LogP) is 0.798. The van der Waals surface area contributed by atoms with Gasteiger partial charge in [-0.2, -0.15) is 4.31 Å². The zero-order valence-corrected chi connectivity index (χ0v) is 11.7. The summed E-state index contributed by atoms with van der Waals surface area (Å²) in [4.78, 5) is 10.9. The van der Waals surface area contributed by atoms with Crippen molar-refractivity contribution < 1.29 is 13.2 Å². The summed E-state index contributed by atoms with van der Waals surface area (Å²) in [5, 5.41) is 0. The van der Waals surface area contributed by atoms with Gasteiger partial charge in [-0.1, -0.05) is 35.9 Å². The molecule has 0 atom stereocenters. The summed E-state index contributed by atoms with van der Waals surface area (Å²) >= 11 is 0. The number of hydrogen-bond acceptors (Lipinski definition) is 3. The van der Waals surface area contributed by atoms with E-state index in [1.54, 1.807) is 18.2 Å². The smallest absolute Gasteiger partial charge is 0.232 e. The molecule has 6 heteroatoms. The van der Waals surface area contributed by atoms with Gasteiger partial charge in [-0.3, -0.25) is 4.79 Å². The van der Waals surface area contributed by atoms with Gasteiger partial charge in [0.2, 0.25) is 15.9 Å². The van der Waals surface area contributed by atoms with E-state index in [0.29, 0.717) is 5.56 Å². The van der Waals surface area contributed by atoms with Crippen LogP contribution in [0.3, 0.4) is 0 Å². The van der Waals surface area contributed by atoms with E-state index in [2.05, 4.69) is 6.58 Å². The number of amides is 1. The summed E-state index contributed by atoms with van der Waals surface area (Å²) in [7, 11) is -3.59. The van der Waals surface area contributed by atoms with Crippen LogP contribution in [0.1, 0.15) is 11.1 Å². The van der Waals surface area contributed by atoms with Crippen LogP contribution in [0.2, 0.25) is 0 Å². The van der Waals surface area contributed by atoms with Crippen molar-refractivity contribution in [2.75, 3.05) is 13.1 Å². The van der Waals surface area contributed by atoms with Gasteiger partial charge >= 0.3 is 0 Å². The molecule has 2 N–H and O–H groups in total. The second kappa shape index (κ2) is 6.49. The van der Waals surface area contributed by atoms with Crippen molar-refractivity contribution in [1.82, 2.24) is 4.31 Å². The van der Waals surface area contributed by atoms with Crippen molar-refractivity contribution in [3.63, 3.8) is 0 Å². The zero-order valence-electron chi connectivity index (χ0n) is 10.9. The first-order chi connectivity index (χ1) is 8.85. The molecule has 5 nitrogen and oxygen atoms in total. The van der Waals surface area contributed by atoms with Crippen LogP contribution in [0.4, 0.5) is 0 Å². The summed E-state index contributed by atoms with van der Waals surface area (Å²) < 4.78 is 25.4. The summed E-state index contributed by atoms with van der Waals surface area (Å²) in [6, 6.07) is 7.22. The molecule has 104 valence electrons. The van der Waals surface area contributed by atoms with Gasteiger partial charge < -0.3 is 5.73 Å². The normalized spacial score (nSPS) is 11.5. The third-order valence-electron chi connectivity index (χ3n) is 2.49. The lowest BCUT2D eigenvalue weighted by Gasteiger charge is -2.19. The van der Waals surface area contributed by atoms with Gasteiger partial charge in [0, 0.05) is 6.54 Å². The molecule has 0 saturated carbocycles. The number of hydrogen-bond donors (Lipinski definition) is 1. The van der Waals surface area contributed by atoms with Crippen LogP contribution in [-0.4, -0.2) is 31.7 Å². The van der Waals surface area contributed by atoms with Crippen LogP contribution in [0.5, 0.6) is 0 Å². The Kier molecular flexibility index (Phi) is 5.26. The van der Waals surface area contributed by atoms with Gasteiger partial charge in [-0.05, 0) is 12.5 Å². The van der Waals surface area contributed by atoms with E-state index in [1.807, 2.05) is 13.0 Å². The molecule has 0 bridgehead atoms. The van der Waals surface area contributed by atoms with Crippen LogP contribution in [0, 0.1) is 6.92 Å². The molecular weight excluding hydrogens is 264 g/mol. The highest BCUT2D eigenvalue weighted by Gasteiger charge is 2.22. The summed E-state index contributed by atoms with van der Waals surface area (Å²) in [6.07, 6.45) is 1.43. The van der Waals surface area contributed by atoms with Crippen molar-refractivity contribution in [2.45, 2.75) is 12.7 Å². The van der Waals surface area contributed by atoms with Crippen molar-refractivity contribution in [3.05, 3.63) is 48.0 Å². The fourth-order valence-corrected chi connectivity index (χ4v) is 3.14. The Morgan fingerprint density at radius 3 is 2.68 bits per heavy atom. The van der Waals surface area contributed by atoms with Crippen molar-refractivity contribution in [1.29, 1.82) is 0 Å². The van der Waals surface area contributed by atoms with E-state index >= 15 is 0 Å². The molecule has 0 aliphatic heterocycles. The molecule has 0 aliphatic rings. The van der Waals surface area contributed by atoms with E-state index in [4.69, 9.17) is 5.73 Å². The number of aryl methyl sites for hydroxylation is 1. The topological polar surface area (TPSA) is 80.5 Å². The molecule has 0 aliphatic carbocycles. The first-order valence-corrected chi connectivity index (χ1v) is 7.38. The number of nitrogens with two attached hydrogens (primary N) is 1. The van der Waals surface area contributed by atoms with E-state index in [0.717, 1.165) is 9.87 Å². The molecule has 19 heavy (non-hydrogen) atoms. The first-order valence-electron chi connectivity index (χ1n) is 5.77. The third kappa shape index (κ3) is 4.84. The fraction of sp³-hybridized carbons (Fsp3) is 0.308. The maximum absolute atomic E-state index is 12.2. The van der Waals surface area contributed by atoms with E-state index < -0.39 is 15.9 Å². The molecule has 1 amide bonds. The lowest BCUT2D eigenvalue weighted by atomic mass is 10.2. The molecule has 1 aromatic rings. The number of sulfonamides is 1. The van der Waals surface area contributed by atoms with Crippen molar-refractivity contribution >= 4 is 15.9 Å².